The second-order valence-corrected chi connectivity index (χ2v) is 15.4. The third-order valence-corrected chi connectivity index (χ3v) is 11.1. The molecule has 0 aliphatic carbocycles. The maximum Gasteiger partial charge on any atom is 0.181 e. The van der Waals surface area contributed by atoms with Crippen molar-refractivity contribution in [2.45, 2.75) is 156 Å². The Morgan fingerprint density at radius 2 is 0.974 bits per heavy atom. The van der Waals surface area contributed by atoms with Crippen LogP contribution in [0.15, 0.2) is 0 Å². The Bertz CT molecular complexity index is 984. The zero-order valence-electron chi connectivity index (χ0n) is 25.9. The first-order valence-corrected chi connectivity index (χ1v) is 17.3. The van der Waals surface area contributed by atoms with Crippen LogP contribution < -0.4 is 9.47 Å². The highest BCUT2D eigenvalue weighted by Crippen LogP contribution is 2.56. The standard InChI is InChI=1S/C34H56O2S2/c1-9-11-13-15-17-19-21-25-26(22-20-18-16-14-12-10-2)31(33(3,4)5)37-29(25)30-27-28(36-24-23-35-27)32(38-30)34(6,7)8/h9-24H2,1-8H3. The summed E-state index contributed by atoms with van der Waals surface area (Å²) in [7, 11) is 0. The Labute approximate surface area is 242 Å². The summed E-state index contributed by atoms with van der Waals surface area (Å²) in [5.74, 6) is 2.03. The number of hydrogen-bond donors (Lipinski definition) is 0. The van der Waals surface area contributed by atoms with E-state index in [1.54, 1.807) is 16.0 Å². The molecule has 0 spiro atoms. The van der Waals surface area contributed by atoms with Gasteiger partial charge in [0.15, 0.2) is 11.5 Å². The van der Waals surface area contributed by atoms with Crippen molar-refractivity contribution in [1.29, 1.82) is 0 Å². The first-order valence-electron chi connectivity index (χ1n) is 15.7. The largest absolute Gasteiger partial charge is 0.485 e. The summed E-state index contributed by atoms with van der Waals surface area (Å²) < 4.78 is 12.6. The van der Waals surface area contributed by atoms with Gasteiger partial charge >= 0.3 is 0 Å². The second kappa shape index (κ2) is 14.6. The van der Waals surface area contributed by atoms with Crippen molar-refractivity contribution in [2.24, 2.45) is 0 Å². The van der Waals surface area contributed by atoms with E-state index < -0.39 is 0 Å². The van der Waals surface area contributed by atoms with Crippen LogP contribution in [0.4, 0.5) is 0 Å². The minimum Gasteiger partial charge on any atom is -0.485 e. The zero-order valence-corrected chi connectivity index (χ0v) is 27.6. The molecular formula is C34H56O2S2. The van der Waals surface area contributed by atoms with E-state index in [-0.39, 0.29) is 10.8 Å². The first kappa shape index (κ1) is 31.5. The van der Waals surface area contributed by atoms with Crippen LogP contribution in [0, 0.1) is 0 Å². The molecule has 0 atom stereocenters. The predicted octanol–water partition coefficient (Wildman–Crippen LogP) is 11.6. The molecule has 38 heavy (non-hydrogen) atoms. The molecule has 0 bridgehead atoms. The number of hydrogen-bond acceptors (Lipinski definition) is 4. The molecule has 0 unspecified atom stereocenters. The lowest BCUT2D eigenvalue weighted by molar-refractivity contribution is 0.171. The van der Waals surface area contributed by atoms with Gasteiger partial charge in [-0.3, -0.25) is 0 Å². The van der Waals surface area contributed by atoms with Crippen LogP contribution in [0.1, 0.15) is 153 Å². The number of thiophene rings is 2. The molecule has 3 heterocycles. The smallest absolute Gasteiger partial charge is 0.181 e. The van der Waals surface area contributed by atoms with Gasteiger partial charge in [0.05, 0.1) is 14.6 Å². The average molecular weight is 561 g/mol. The Morgan fingerprint density at radius 1 is 0.526 bits per heavy atom. The summed E-state index contributed by atoms with van der Waals surface area (Å²) in [5.41, 5.74) is 3.48. The van der Waals surface area contributed by atoms with Crippen molar-refractivity contribution >= 4 is 22.7 Å². The Kier molecular flexibility index (Phi) is 12.1. The molecule has 1 aliphatic heterocycles. The summed E-state index contributed by atoms with van der Waals surface area (Å²) in [5, 5.41) is 0. The summed E-state index contributed by atoms with van der Waals surface area (Å²) >= 11 is 3.99. The minimum absolute atomic E-state index is 0.0403. The van der Waals surface area contributed by atoms with Gasteiger partial charge in [-0.05, 0) is 42.2 Å². The molecule has 2 aromatic rings. The summed E-state index contributed by atoms with van der Waals surface area (Å²) in [4.78, 5) is 5.73. The molecule has 0 saturated carbocycles. The number of rotatable bonds is 15. The van der Waals surface area contributed by atoms with Crippen molar-refractivity contribution in [3.8, 4) is 21.3 Å². The van der Waals surface area contributed by atoms with Gasteiger partial charge in [0.25, 0.3) is 0 Å². The highest BCUT2D eigenvalue weighted by molar-refractivity contribution is 7.23. The molecule has 0 fully saturated rings. The number of unbranched alkanes of at least 4 members (excludes halogenated alkanes) is 10. The predicted molar refractivity (Wildman–Crippen MR) is 170 cm³/mol. The van der Waals surface area contributed by atoms with Crippen molar-refractivity contribution < 1.29 is 9.47 Å². The SMILES string of the molecule is CCCCCCCCc1c(-c2sc(C(C)(C)C)c3c2OCCO3)sc(C(C)(C)C)c1CCCCCCCC. The second-order valence-electron chi connectivity index (χ2n) is 13.4. The van der Waals surface area contributed by atoms with E-state index in [9.17, 15) is 0 Å². The monoisotopic (exact) mass is 560 g/mol. The van der Waals surface area contributed by atoms with Gasteiger partial charge < -0.3 is 9.47 Å². The van der Waals surface area contributed by atoms with Gasteiger partial charge in [0.1, 0.15) is 13.2 Å². The van der Waals surface area contributed by atoms with Gasteiger partial charge in [-0.25, -0.2) is 0 Å². The van der Waals surface area contributed by atoms with Crippen LogP contribution in [0.2, 0.25) is 0 Å². The van der Waals surface area contributed by atoms with Crippen LogP contribution >= 0.6 is 22.7 Å². The fourth-order valence-corrected chi connectivity index (χ4v) is 8.43. The van der Waals surface area contributed by atoms with Crippen LogP contribution in [-0.4, -0.2) is 13.2 Å². The summed E-state index contributed by atoms with van der Waals surface area (Å²) in [6.07, 6.45) is 18.6. The van der Waals surface area contributed by atoms with E-state index in [1.165, 1.54) is 105 Å². The summed E-state index contributed by atoms with van der Waals surface area (Å²) in [6, 6.07) is 0. The fraction of sp³-hybridized carbons (Fsp3) is 0.765. The van der Waals surface area contributed by atoms with Gasteiger partial charge in [0, 0.05) is 10.3 Å². The van der Waals surface area contributed by atoms with Crippen LogP contribution in [0.3, 0.4) is 0 Å². The quantitative estimate of drug-likeness (QED) is 0.202. The highest BCUT2D eigenvalue weighted by Gasteiger charge is 2.34. The third-order valence-electron chi connectivity index (χ3n) is 7.64. The average Bonchev–Trinajstić information content (AvgIpc) is 3.42. The molecule has 2 nitrogen and oxygen atoms in total. The van der Waals surface area contributed by atoms with Crippen LogP contribution in [0.25, 0.3) is 9.75 Å². The van der Waals surface area contributed by atoms with Crippen molar-refractivity contribution in [3.63, 3.8) is 0 Å². The van der Waals surface area contributed by atoms with Crippen LogP contribution in [0.5, 0.6) is 11.5 Å². The fourth-order valence-electron chi connectivity index (χ4n) is 5.58. The molecule has 216 valence electrons. The molecule has 0 N–H and O–H groups in total. The Morgan fingerprint density at radius 3 is 1.50 bits per heavy atom. The normalized spacial score (nSPS) is 13.9. The van der Waals surface area contributed by atoms with E-state index in [2.05, 4.69) is 66.7 Å². The van der Waals surface area contributed by atoms with E-state index in [4.69, 9.17) is 9.47 Å². The van der Waals surface area contributed by atoms with Gasteiger partial charge in [-0.1, -0.05) is 120 Å². The lowest BCUT2D eigenvalue weighted by atomic mass is 9.86. The number of ether oxygens (including phenoxy) is 2. The summed E-state index contributed by atoms with van der Waals surface area (Å²) in [6.45, 7) is 20.0. The van der Waals surface area contributed by atoms with Gasteiger partial charge in [0.2, 0.25) is 0 Å². The van der Waals surface area contributed by atoms with Crippen LogP contribution in [-0.2, 0) is 23.7 Å². The van der Waals surface area contributed by atoms with Gasteiger partial charge in [-0.15, -0.1) is 22.7 Å². The molecule has 1 aliphatic rings. The zero-order chi connectivity index (χ0) is 27.8. The maximum atomic E-state index is 6.37. The lowest BCUT2D eigenvalue weighted by Gasteiger charge is -2.22. The first-order chi connectivity index (χ1) is 18.1. The van der Waals surface area contributed by atoms with Gasteiger partial charge in [-0.2, -0.15) is 0 Å². The number of fused-ring (bicyclic) bond motifs is 1. The molecule has 0 aromatic carbocycles. The Hall–Kier alpha value is -1.00. The molecule has 2 aromatic heterocycles. The molecular weight excluding hydrogens is 505 g/mol. The van der Waals surface area contributed by atoms with E-state index in [1.807, 2.05) is 11.3 Å². The van der Waals surface area contributed by atoms with E-state index in [0.29, 0.717) is 13.2 Å². The third kappa shape index (κ3) is 8.26. The van der Waals surface area contributed by atoms with E-state index >= 15 is 0 Å². The molecule has 0 saturated heterocycles. The Balaban J connectivity index is 2.01. The maximum absolute atomic E-state index is 6.37. The molecule has 0 amide bonds. The molecule has 4 heteroatoms. The van der Waals surface area contributed by atoms with Crippen molar-refractivity contribution in [2.75, 3.05) is 13.2 Å². The van der Waals surface area contributed by atoms with E-state index in [0.717, 1.165) is 11.5 Å². The minimum atomic E-state index is 0.0403. The topological polar surface area (TPSA) is 18.5 Å². The lowest BCUT2D eigenvalue weighted by Crippen LogP contribution is -2.18. The molecule has 3 rings (SSSR count). The van der Waals surface area contributed by atoms with Crippen molar-refractivity contribution in [3.05, 3.63) is 20.9 Å². The highest BCUT2D eigenvalue weighted by atomic mass is 32.1. The molecule has 0 radical (unpaired) electrons. The van der Waals surface area contributed by atoms with Crippen molar-refractivity contribution in [1.82, 2.24) is 0 Å².